The lowest BCUT2D eigenvalue weighted by atomic mass is 10.2. The zero-order chi connectivity index (χ0) is 7.56. The summed E-state index contributed by atoms with van der Waals surface area (Å²) >= 11 is 0. The van der Waals surface area contributed by atoms with E-state index < -0.39 is 0 Å². The third-order valence-electron chi connectivity index (χ3n) is 1.16. The zero-order valence-corrected chi connectivity index (χ0v) is 6.01. The summed E-state index contributed by atoms with van der Waals surface area (Å²) in [5.74, 6) is 0. The highest BCUT2D eigenvalue weighted by molar-refractivity contribution is 5.74. The van der Waals surface area contributed by atoms with Crippen LogP contribution in [0.2, 0.25) is 0 Å². The van der Waals surface area contributed by atoms with E-state index in [0.29, 0.717) is 5.56 Å². The molecule has 51 valence electrons. The Morgan fingerprint density at radius 3 is 2.80 bits per heavy atom. The molecular weight excluding hydrogens is 126 g/mol. The summed E-state index contributed by atoms with van der Waals surface area (Å²) in [6.07, 6.45) is 0.779. The van der Waals surface area contributed by atoms with Gasteiger partial charge in [-0.05, 0) is 19.9 Å². The van der Waals surface area contributed by atoms with E-state index in [1.54, 1.807) is 6.07 Å². The molecule has 2 nitrogen and oxygen atoms in total. The van der Waals surface area contributed by atoms with Crippen molar-refractivity contribution in [3.8, 4) is 0 Å². The van der Waals surface area contributed by atoms with E-state index in [1.165, 1.54) is 0 Å². The molecule has 0 unspecified atom stereocenters. The Balaban J connectivity index is 3.18. The fraction of sp³-hybridized carbons (Fsp3) is 0.250. The molecule has 0 N–H and O–H groups in total. The molecule has 0 saturated carbocycles. The molecule has 0 aliphatic carbocycles. The van der Waals surface area contributed by atoms with E-state index in [1.807, 2.05) is 13.8 Å². The molecule has 0 atom stereocenters. The van der Waals surface area contributed by atoms with Crippen molar-refractivity contribution >= 4 is 6.29 Å². The van der Waals surface area contributed by atoms with E-state index in [2.05, 4.69) is 11.1 Å². The molecule has 1 aromatic heterocycles. The molecule has 0 spiro atoms. The van der Waals surface area contributed by atoms with E-state index in [9.17, 15) is 4.79 Å². The predicted molar refractivity (Wildman–Crippen MR) is 37.9 cm³/mol. The van der Waals surface area contributed by atoms with Gasteiger partial charge in [-0.25, -0.2) is 0 Å². The topological polar surface area (TPSA) is 30.0 Å². The van der Waals surface area contributed by atoms with Gasteiger partial charge in [-0.15, -0.1) is 0 Å². The molecule has 0 amide bonds. The van der Waals surface area contributed by atoms with Crippen molar-refractivity contribution in [1.29, 1.82) is 0 Å². The van der Waals surface area contributed by atoms with Crippen LogP contribution < -0.4 is 0 Å². The van der Waals surface area contributed by atoms with E-state index in [0.717, 1.165) is 17.7 Å². The number of rotatable bonds is 1. The molecule has 1 rings (SSSR count). The Bertz CT molecular complexity index is 235. The van der Waals surface area contributed by atoms with Gasteiger partial charge in [-0.2, -0.15) is 0 Å². The summed E-state index contributed by atoms with van der Waals surface area (Å²) in [5, 5.41) is 0. The first-order valence-electron chi connectivity index (χ1n) is 3.05. The zero-order valence-electron chi connectivity index (χ0n) is 6.01. The third-order valence-corrected chi connectivity index (χ3v) is 1.16. The Morgan fingerprint density at radius 1 is 1.60 bits per heavy atom. The summed E-state index contributed by atoms with van der Waals surface area (Å²) in [5.41, 5.74) is 2.20. The van der Waals surface area contributed by atoms with Crippen molar-refractivity contribution in [3.05, 3.63) is 29.1 Å². The molecule has 1 aromatic rings. The first-order valence-corrected chi connectivity index (χ1v) is 3.05. The smallest absolute Gasteiger partial charge is 0.150 e. The van der Waals surface area contributed by atoms with Gasteiger partial charge in [-0.3, -0.25) is 9.78 Å². The van der Waals surface area contributed by atoms with E-state index in [4.69, 9.17) is 0 Å². The SMILES string of the molecule is Cc1[c]c(C=O)cc(C)n1. The lowest BCUT2D eigenvalue weighted by Crippen LogP contribution is -1.89. The molecule has 0 aliphatic rings. The fourth-order valence-electron chi connectivity index (χ4n) is 0.858. The summed E-state index contributed by atoms with van der Waals surface area (Å²) in [6, 6.07) is 4.53. The van der Waals surface area contributed by atoms with Gasteiger partial charge in [0.15, 0.2) is 6.29 Å². The normalized spacial score (nSPS) is 9.40. The minimum Gasteiger partial charge on any atom is -0.298 e. The van der Waals surface area contributed by atoms with Gasteiger partial charge in [-0.1, -0.05) is 0 Å². The van der Waals surface area contributed by atoms with Gasteiger partial charge in [0.05, 0.1) is 0 Å². The van der Waals surface area contributed by atoms with Crippen LogP contribution >= 0.6 is 0 Å². The van der Waals surface area contributed by atoms with Crippen LogP contribution in [0.5, 0.6) is 0 Å². The van der Waals surface area contributed by atoms with Crippen LogP contribution in [-0.4, -0.2) is 11.3 Å². The Morgan fingerprint density at radius 2 is 2.30 bits per heavy atom. The summed E-state index contributed by atoms with van der Waals surface area (Å²) in [7, 11) is 0. The van der Waals surface area contributed by atoms with Crippen molar-refractivity contribution in [2.24, 2.45) is 0 Å². The average molecular weight is 134 g/mol. The van der Waals surface area contributed by atoms with Gasteiger partial charge < -0.3 is 0 Å². The number of aromatic nitrogens is 1. The van der Waals surface area contributed by atoms with Crippen LogP contribution in [-0.2, 0) is 0 Å². The molecule has 10 heavy (non-hydrogen) atoms. The largest absolute Gasteiger partial charge is 0.298 e. The van der Waals surface area contributed by atoms with Crippen molar-refractivity contribution < 1.29 is 4.79 Å². The summed E-state index contributed by atoms with van der Waals surface area (Å²) < 4.78 is 0. The maximum Gasteiger partial charge on any atom is 0.150 e. The third kappa shape index (κ3) is 1.41. The van der Waals surface area contributed by atoms with Gasteiger partial charge >= 0.3 is 0 Å². The molecule has 0 aromatic carbocycles. The number of carbonyl (C=O) groups excluding carboxylic acids is 1. The van der Waals surface area contributed by atoms with Crippen molar-refractivity contribution in [1.82, 2.24) is 4.98 Å². The second-order valence-corrected chi connectivity index (χ2v) is 2.18. The first-order chi connectivity index (χ1) is 4.72. The quantitative estimate of drug-likeness (QED) is 0.542. The Labute approximate surface area is 59.9 Å². The van der Waals surface area contributed by atoms with Crippen LogP contribution in [0.15, 0.2) is 6.07 Å². The van der Waals surface area contributed by atoms with Gasteiger partial charge in [0.2, 0.25) is 0 Å². The van der Waals surface area contributed by atoms with E-state index >= 15 is 0 Å². The molecule has 1 heterocycles. The lowest BCUT2D eigenvalue weighted by molar-refractivity contribution is 0.112. The minimum absolute atomic E-state index is 0.574. The summed E-state index contributed by atoms with van der Waals surface area (Å²) in [6.45, 7) is 3.67. The molecule has 0 aliphatic heterocycles. The maximum absolute atomic E-state index is 10.3. The highest BCUT2D eigenvalue weighted by Gasteiger charge is 1.93. The number of carbonyl (C=O) groups is 1. The molecule has 2 heteroatoms. The number of hydrogen-bond acceptors (Lipinski definition) is 2. The Hall–Kier alpha value is -1.18. The second kappa shape index (κ2) is 2.60. The van der Waals surface area contributed by atoms with Gasteiger partial charge in [0.25, 0.3) is 0 Å². The molecular formula is C8H8NO. The van der Waals surface area contributed by atoms with Crippen LogP contribution in [0.1, 0.15) is 21.7 Å². The number of pyridine rings is 1. The monoisotopic (exact) mass is 134 g/mol. The molecule has 0 fully saturated rings. The number of aryl methyl sites for hydroxylation is 2. The van der Waals surface area contributed by atoms with Crippen LogP contribution in [0.4, 0.5) is 0 Å². The fourth-order valence-corrected chi connectivity index (χ4v) is 0.858. The van der Waals surface area contributed by atoms with Crippen molar-refractivity contribution in [3.63, 3.8) is 0 Å². The predicted octanol–water partition coefficient (Wildman–Crippen LogP) is 1.31. The Kier molecular flexibility index (Phi) is 1.81. The second-order valence-electron chi connectivity index (χ2n) is 2.18. The lowest BCUT2D eigenvalue weighted by Gasteiger charge is -1.94. The van der Waals surface area contributed by atoms with Crippen LogP contribution in [0.25, 0.3) is 0 Å². The van der Waals surface area contributed by atoms with Crippen molar-refractivity contribution in [2.75, 3.05) is 0 Å². The highest BCUT2D eigenvalue weighted by atomic mass is 16.1. The number of aldehydes is 1. The molecule has 0 bridgehead atoms. The standard InChI is InChI=1S/C8H8NO/c1-6-3-8(5-10)4-7(2)9-6/h3,5H,1-2H3. The van der Waals surface area contributed by atoms with Crippen LogP contribution in [0.3, 0.4) is 0 Å². The molecule has 0 saturated heterocycles. The number of hydrogen-bond donors (Lipinski definition) is 0. The summed E-state index contributed by atoms with van der Waals surface area (Å²) in [4.78, 5) is 14.3. The number of nitrogens with zero attached hydrogens (tertiary/aromatic N) is 1. The first kappa shape index (κ1) is 6.93. The van der Waals surface area contributed by atoms with Gasteiger partial charge in [0, 0.05) is 23.0 Å². The van der Waals surface area contributed by atoms with Gasteiger partial charge in [0.1, 0.15) is 0 Å². The maximum atomic E-state index is 10.3. The van der Waals surface area contributed by atoms with Crippen molar-refractivity contribution in [2.45, 2.75) is 13.8 Å². The average Bonchev–Trinajstić information content (AvgIpc) is 1.85. The van der Waals surface area contributed by atoms with E-state index in [-0.39, 0.29) is 0 Å². The molecule has 1 radical (unpaired) electrons. The highest BCUT2D eigenvalue weighted by Crippen LogP contribution is 2.00. The minimum atomic E-state index is 0.574. The van der Waals surface area contributed by atoms with Crippen LogP contribution in [0, 0.1) is 19.9 Å².